The van der Waals surface area contributed by atoms with Gasteiger partial charge in [0.2, 0.25) is 0 Å². The van der Waals surface area contributed by atoms with Gasteiger partial charge in [0, 0.05) is 35.1 Å². The van der Waals surface area contributed by atoms with Crippen LogP contribution in [0.1, 0.15) is 37.2 Å². The van der Waals surface area contributed by atoms with Crippen molar-refractivity contribution >= 4 is 28.4 Å². The van der Waals surface area contributed by atoms with Crippen molar-refractivity contribution in [3.63, 3.8) is 0 Å². The Kier molecular flexibility index (Phi) is 5.61. The molecule has 2 aliphatic rings. The fourth-order valence-electron chi connectivity index (χ4n) is 4.93. The molecule has 1 aromatic carbocycles. The Hall–Kier alpha value is -3.85. The van der Waals surface area contributed by atoms with Crippen molar-refractivity contribution in [2.24, 2.45) is 0 Å². The van der Waals surface area contributed by atoms with Gasteiger partial charge >= 0.3 is 6.03 Å². The second-order valence-electron chi connectivity index (χ2n) is 9.15. The lowest BCUT2D eigenvalue weighted by atomic mass is 10.0. The van der Waals surface area contributed by atoms with E-state index in [4.69, 9.17) is 0 Å². The molecule has 4 heterocycles. The molecule has 4 aromatic rings. The number of hydrogen-bond acceptors (Lipinski definition) is 5. The molecular weight excluding hydrogens is 445 g/mol. The minimum Gasteiger partial charge on any atom is -0.346 e. The highest BCUT2D eigenvalue weighted by molar-refractivity contribution is 6.02. The number of halogens is 1. The second-order valence-corrected chi connectivity index (χ2v) is 9.15. The van der Waals surface area contributed by atoms with E-state index in [1.807, 2.05) is 18.3 Å². The predicted octanol–water partition coefficient (Wildman–Crippen LogP) is 4.83. The summed E-state index contributed by atoms with van der Waals surface area (Å²) in [5.74, 6) is 0.0316. The van der Waals surface area contributed by atoms with Crippen LogP contribution in [0.2, 0.25) is 0 Å². The van der Waals surface area contributed by atoms with Gasteiger partial charge in [-0.2, -0.15) is 0 Å². The Bertz CT molecular complexity index is 1360. The zero-order valence-electron chi connectivity index (χ0n) is 19.2. The van der Waals surface area contributed by atoms with E-state index in [0.717, 1.165) is 55.4 Å². The molecule has 178 valence electrons. The SMILES string of the molecule is O=C(Nc1ccc(-c2ncnc3[nH]cc(C4CC4)c23)c(F)c1)N(c1cccnc1)C1CCNCC1. The Labute approximate surface area is 202 Å². The lowest BCUT2D eigenvalue weighted by molar-refractivity contribution is 0.252. The maximum atomic E-state index is 15.4. The molecule has 1 saturated carbocycles. The molecule has 0 spiro atoms. The summed E-state index contributed by atoms with van der Waals surface area (Å²) in [7, 11) is 0. The summed E-state index contributed by atoms with van der Waals surface area (Å²) < 4.78 is 15.4. The summed E-state index contributed by atoms with van der Waals surface area (Å²) >= 11 is 0. The third kappa shape index (κ3) is 4.23. The van der Waals surface area contributed by atoms with Gasteiger partial charge in [0.05, 0.1) is 17.6 Å². The molecule has 1 aliphatic carbocycles. The topological polar surface area (TPSA) is 98.8 Å². The summed E-state index contributed by atoms with van der Waals surface area (Å²) in [6, 6.07) is 8.16. The van der Waals surface area contributed by atoms with Crippen LogP contribution in [0.4, 0.5) is 20.6 Å². The molecule has 2 amide bonds. The first kappa shape index (κ1) is 21.7. The van der Waals surface area contributed by atoms with E-state index in [0.29, 0.717) is 28.5 Å². The number of aromatic nitrogens is 4. The number of amides is 2. The van der Waals surface area contributed by atoms with Crippen molar-refractivity contribution in [2.75, 3.05) is 23.3 Å². The van der Waals surface area contributed by atoms with Crippen LogP contribution in [-0.2, 0) is 0 Å². The lowest BCUT2D eigenvalue weighted by Gasteiger charge is -2.34. The first-order valence-corrected chi connectivity index (χ1v) is 12.0. The molecule has 35 heavy (non-hydrogen) atoms. The quantitative estimate of drug-likeness (QED) is 0.387. The molecule has 2 fully saturated rings. The fraction of sp³-hybridized carbons (Fsp3) is 0.308. The highest BCUT2D eigenvalue weighted by Gasteiger charge is 2.29. The number of nitrogens with zero attached hydrogens (tertiary/aromatic N) is 4. The number of pyridine rings is 1. The number of anilines is 2. The number of hydrogen-bond donors (Lipinski definition) is 3. The van der Waals surface area contributed by atoms with Crippen LogP contribution in [0.15, 0.2) is 55.2 Å². The van der Waals surface area contributed by atoms with E-state index >= 15 is 4.39 Å². The zero-order valence-corrected chi connectivity index (χ0v) is 19.2. The molecule has 0 unspecified atom stereocenters. The van der Waals surface area contributed by atoms with E-state index in [-0.39, 0.29) is 12.1 Å². The Morgan fingerprint density at radius 2 is 1.97 bits per heavy atom. The van der Waals surface area contributed by atoms with E-state index in [9.17, 15) is 4.79 Å². The molecule has 6 rings (SSSR count). The number of urea groups is 1. The summed E-state index contributed by atoms with van der Waals surface area (Å²) in [6.45, 7) is 1.68. The highest BCUT2D eigenvalue weighted by atomic mass is 19.1. The number of aromatic amines is 1. The molecule has 0 atom stereocenters. The minimum atomic E-state index is -0.444. The number of piperidine rings is 1. The first-order chi connectivity index (χ1) is 17.2. The molecule has 0 radical (unpaired) electrons. The third-order valence-electron chi connectivity index (χ3n) is 6.81. The summed E-state index contributed by atoms with van der Waals surface area (Å²) in [5, 5.41) is 7.09. The van der Waals surface area contributed by atoms with Crippen molar-refractivity contribution in [3.8, 4) is 11.3 Å². The molecule has 9 heteroatoms. The van der Waals surface area contributed by atoms with Gasteiger partial charge in [0.15, 0.2) is 0 Å². The molecular formula is C26H26FN7O. The Morgan fingerprint density at radius 3 is 2.71 bits per heavy atom. The third-order valence-corrected chi connectivity index (χ3v) is 6.81. The van der Waals surface area contributed by atoms with Crippen LogP contribution in [0.25, 0.3) is 22.3 Å². The van der Waals surface area contributed by atoms with Gasteiger partial charge in [-0.1, -0.05) is 0 Å². The van der Waals surface area contributed by atoms with Crippen LogP contribution >= 0.6 is 0 Å². The van der Waals surface area contributed by atoms with Crippen LogP contribution in [0.3, 0.4) is 0 Å². The number of fused-ring (bicyclic) bond motifs is 1. The maximum absolute atomic E-state index is 15.4. The molecule has 8 nitrogen and oxygen atoms in total. The number of benzene rings is 1. The zero-order chi connectivity index (χ0) is 23.8. The van der Waals surface area contributed by atoms with E-state index < -0.39 is 5.82 Å². The van der Waals surface area contributed by atoms with E-state index in [1.165, 1.54) is 12.4 Å². The van der Waals surface area contributed by atoms with Crippen molar-refractivity contribution < 1.29 is 9.18 Å². The molecule has 0 bridgehead atoms. The minimum absolute atomic E-state index is 0.0355. The van der Waals surface area contributed by atoms with Gasteiger partial charge in [-0.25, -0.2) is 19.2 Å². The fourth-order valence-corrected chi connectivity index (χ4v) is 4.93. The number of carbonyl (C=O) groups is 1. The normalized spacial score (nSPS) is 16.4. The Balaban J connectivity index is 1.29. The van der Waals surface area contributed by atoms with Gasteiger partial charge in [-0.15, -0.1) is 0 Å². The van der Waals surface area contributed by atoms with Gasteiger partial charge in [-0.3, -0.25) is 9.88 Å². The molecule has 3 aromatic heterocycles. The van der Waals surface area contributed by atoms with Crippen LogP contribution in [0.5, 0.6) is 0 Å². The van der Waals surface area contributed by atoms with Crippen molar-refractivity contribution in [1.29, 1.82) is 0 Å². The van der Waals surface area contributed by atoms with Crippen molar-refractivity contribution in [3.05, 3.63) is 66.6 Å². The number of H-pyrrole nitrogens is 1. The van der Waals surface area contributed by atoms with Gasteiger partial charge in [0.1, 0.15) is 17.8 Å². The van der Waals surface area contributed by atoms with E-state index in [1.54, 1.807) is 29.4 Å². The van der Waals surface area contributed by atoms with Gasteiger partial charge < -0.3 is 15.6 Å². The average molecular weight is 472 g/mol. The predicted molar refractivity (Wildman–Crippen MR) is 133 cm³/mol. The molecule has 3 N–H and O–H groups in total. The smallest absolute Gasteiger partial charge is 0.326 e. The monoisotopic (exact) mass is 471 g/mol. The average Bonchev–Trinajstić information content (AvgIpc) is 3.64. The lowest BCUT2D eigenvalue weighted by Crippen LogP contribution is -2.48. The second kappa shape index (κ2) is 9.07. The van der Waals surface area contributed by atoms with Crippen molar-refractivity contribution in [1.82, 2.24) is 25.3 Å². The summed E-state index contributed by atoms with van der Waals surface area (Å²) in [5.41, 5.74) is 3.92. The van der Waals surface area contributed by atoms with E-state index in [2.05, 4.69) is 30.6 Å². The summed E-state index contributed by atoms with van der Waals surface area (Å²) in [6.07, 6.45) is 10.7. The van der Waals surface area contributed by atoms with Gasteiger partial charge in [0.25, 0.3) is 0 Å². The van der Waals surface area contributed by atoms with Crippen molar-refractivity contribution in [2.45, 2.75) is 37.6 Å². The Morgan fingerprint density at radius 1 is 1.11 bits per heavy atom. The molecule has 1 aliphatic heterocycles. The van der Waals surface area contributed by atoms with Gasteiger partial charge in [-0.05, 0) is 80.6 Å². The number of rotatable bonds is 5. The molecule has 1 saturated heterocycles. The largest absolute Gasteiger partial charge is 0.346 e. The number of carbonyl (C=O) groups excluding carboxylic acids is 1. The van der Waals surface area contributed by atoms with Crippen LogP contribution in [-0.4, -0.2) is 45.1 Å². The van der Waals surface area contributed by atoms with Crippen LogP contribution in [0, 0.1) is 5.82 Å². The summed E-state index contributed by atoms with van der Waals surface area (Å²) in [4.78, 5) is 31.2. The number of nitrogens with one attached hydrogen (secondary N) is 3. The standard InChI is InChI=1S/C26H26FN7O/c27-22-12-17(33-26(35)34(18-7-10-28-11-8-18)19-2-1-9-29-13-19)5-6-20(22)24-23-21(16-3-4-16)14-30-25(23)32-15-31-24/h1-2,5-6,9,12-16,18,28H,3-4,7-8,10-11H2,(H,33,35)(H,30,31,32). The highest BCUT2D eigenvalue weighted by Crippen LogP contribution is 2.45. The first-order valence-electron chi connectivity index (χ1n) is 12.0. The maximum Gasteiger partial charge on any atom is 0.326 e. The van der Waals surface area contributed by atoms with Crippen LogP contribution < -0.4 is 15.5 Å².